The normalized spacial score (nSPS) is 10.5. The molecule has 0 spiro atoms. The zero-order valence-corrected chi connectivity index (χ0v) is 14.1. The van der Waals surface area contributed by atoms with E-state index in [0.29, 0.717) is 0 Å². The second kappa shape index (κ2) is 8.30. The quantitative estimate of drug-likeness (QED) is 0.392. The van der Waals surface area contributed by atoms with E-state index in [2.05, 4.69) is 31.6 Å². The molecule has 0 saturated carbocycles. The maximum Gasteiger partial charge on any atom is 0.243 e. The number of guanidine groups is 1. The highest BCUT2D eigenvalue weighted by atomic mass is 127. The summed E-state index contributed by atoms with van der Waals surface area (Å²) < 4.78 is 0.918. The molecule has 0 aromatic heterocycles. The van der Waals surface area contributed by atoms with Crippen molar-refractivity contribution in [2.24, 2.45) is 10.7 Å². The van der Waals surface area contributed by atoms with Crippen LogP contribution in [-0.4, -0.2) is 25.5 Å². The Balaban J connectivity index is 0.00000289. The van der Waals surface area contributed by atoms with Gasteiger partial charge in [-0.25, -0.2) is 0 Å². The number of anilines is 1. The van der Waals surface area contributed by atoms with Gasteiger partial charge in [0.2, 0.25) is 5.91 Å². The fourth-order valence-electron chi connectivity index (χ4n) is 1.17. The molecule has 0 bridgehead atoms. The van der Waals surface area contributed by atoms with Crippen LogP contribution in [0.2, 0.25) is 0 Å². The lowest BCUT2D eigenvalue weighted by Gasteiger charge is -2.09. The molecule has 0 unspecified atom stereocenters. The molecule has 1 rings (SSSR count). The number of nitrogens with two attached hydrogens (primary N) is 1. The molecule has 5 nitrogen and oxygen atoms in total. The molecule has 0 aliphatic heterocycles. The van der Waals surface area contributed by atoms with Crippen molar-refractivity contribution in [3.05, 3.63) is 28.2 Å². The topological polar surface area (TPSA) is 79.5 Å². The van der Waals surface area contributed by atoms with E-state index in [9.17, 15) is 4.79 Å². The number of hydrogen-bond donors (Lipinski definition) is 3. The highest BCUT2D eigenvalue weighted by Gasteiger charge is 2.05. The summed E-state index contributed by atoms with van der Waals surface area (Å²) in [6.07, 6.45) is 0. The maximum atomic E-state index is 11.6. The summed E-state index contributed by atoms with van der Waals surface area (Å²) in [5.74, 6) is 0.0731. The van der Waals surface area contributed by atoms with Gasteiger partial charge >= 0.3 is 0 Å². The number of nitrogens with one attached hydrogen (secondary N) is 2. The van der Waals surface area contributed by atoms with E-state index in [0.717, 1.165) is 15.7 Å². The summed E-state index contributed by atoms with van der Waals surface area (Å²) in [7, 11) is 1.55. The first-order valence-corrected chi connectivity index (χ1v) is 5.84. The van der Waals surface area contributed by atoms with Gasteiger partial charge in [0, 0.05) is 17.2 Å². The molecule has 0 aliphatic rings. The van der Waals surface area contributed by atoms with Crippen molar-refractivity contribution < 1.29 is 4.79 Å². The highest BCUT2D eigenvalue weighted by molar-refractivity contribution is 14.0. The lowest BCUT2D eigenvalue weighted by molar-refractivity contribution is -0.115. The number of amides is 1. The molecule has 4 N–H and O–H groups in total. The zero-order chi connectivity index (χ0) is 12.8. The predicted molar refractivity (Wildman–Crippen MR) is 88.5 cm³/mol. The van der Waals surface area contributed by atoms with Crippen molar-refractivity contribution in [2.75, 3.05) is 18.9 Å². The third kappa shape index (κ3) is 5.67. The van der Waals surface area contributed by atoms with E-state index in [1.165, 1.54) is 0 Å². The van der Waals surface area contributed by atoms with E-state index in [1.54, 1.807) is 7.05 Å². The lowest BCUT2D eigenvalue weighted by atomic mass is 10.2. The van der Waals surface area contributed by atoms with Gasteiger partial charge in [0.15, 0.2) is 5.96 Å². The van der Waals surface area contributed by atoms with Crippen LogP contribution in [0.4, 0.5) is 5.69 Å². The van der Waals surface area contributed by atoms with Crippen molar-refractivity contribution in [1.29, 1.82) is 0 Å². The number of aryl methyl sites for hydroxylation is 1. The van der Waals surface area contributed by atoms with Crippen molar-refractivity contribution in [3.8, 4) is 0 Å². The van der Waals surface area contributed by atoms with Crippen molar-refractivity contribution >= 4 is 57.5 Å². The van der Waals surface area contributed by atoms with Gasteiger partial charge in [-0.1, -0.05) is 22.0 Å². The average molecular weight is 427 g/mol. The molecule has 0 saturated heterocycles. The van der Waals surface area contributed by atoms with E-state index < -0.39 is 0 Å². The van der Waals surface area contributed by atoms with E-state index in [1.807, 2.05) is 25.1 Å². The molecule has 0 fully saturated rings. The Morgan fingerprint density at radius 1 is 1.50 bits per heavy atom. The van der Waals surface area contributed by atoms with Crippen LogP contribution in [0.25, 0.3) is 0 Å². The summed E-state index contributed by atoms with van der Waals surface area (Å²) in [6, 6.07) is 5.70. The summed E-state index contributed by atoms with van der Waals surface area (Å²) in [4.78, 5) is 15.3. The molecule has 7 heteroatoms. The largest absolute Gasteiger partial charge is 0.370 e. The Bertz CT molecular complexity index is 451. The number of rotatable bonds is 3. The second-order valence-electron chi connectivity index (χ2n) is 3.47. The number of hydrogen-bond acceptors (Lipinski definition) is 2. The summed E-state index contributed by atoms with van der Waals surface area (Å²) >= 11 is 3.35. The molecule has 0 radical (unpaired) electrons. The third-order valence-corrected chi connectivity index (χ3v) is 2.64. The molecular formula is C11H16BrIN4O. The van der Waals surface area contributed by atoms with Crippen molar-refractivity contribution in [3.63, 3.8) is 0 Å². The molecule has 1 aromatic carbocycles. The van der Waals surface area contributed by atoms with Gasteiger partial charge < -0.3 is 16.4 Å². The van der Waals surface area contributed by atoms with Gasteiger partial charge in [0.1, 0.15) is 0 Å². The van der Waals surface area contributed by atoms with Crippen LogP contribution in [0.5, 0.6) is 0 Å². The van der Waals surface area contributed by atoms with Gasteiger partial charge in [-0.3, -0.25) is 9.79 Å². The molecule has 0 aliphatic carbocycles. The van der Waals surface area contributed by atoms with Gasteiger partial charge in [-0.15, -0.1) is 24.0 Å². The zero-order valence-electron chi connectivity index (χ0n) is 10.2. The van der Waals surface area contributed by atoms with Crippen LogP contribution in [0.1, 0.15) is 5.56 Å². The maximum absolute atomic E-state index is 11.6. The first-order valence-electron chi connectivity index (χ1n) is 5.05. The first kappa shape index (κ1) is 17.2. The van der Waals surface area contributed by atoms with Gasteiger partial charge in [0.25, 0.3) is 0 Å². The number of benzene rings is 1. The van der Waals surface area contributed by atoms with Crippen LogP contribution >= 0.6 is 39.9 Å². The highest BCUT2D eigenvalue weighted by Crippen LogP contribution is 2.20. The van der Waals surface area contributed by atoms with Crippen LogP contribution in [0.3, 0.4) is 0 Å². The number of carbonyl (C=O) groups excluding carboxylic acids is 1. The van der Waals surface area contributed by atoms with Crippen molar-refractivity contribution in [1.82, 2.24) is 5.32 Å². The predicted octanol–water partition coefficient (Wildman–Crippen LogP) is 1.85. The van der Waals surface area contributed by atoms with E-state index >= 15 is 0 Å². The molecule has 0 atom stereocenters. The Morgan fingerprint density at radius 2 is 2.17 bits per heavy atom. The average Bonchev–Trinajstić information content (AvgIpc) is 2.30. The first-order chi connectivity index (χ1) is 8.02. The Hall–Kier alpha value is -0.830. The molecule has 18 heavy (non-hydrogen) atoms. The fraction of sp³-hybridized carbons (Fsp3) is 0.273. The van der Waals surface area contributed by atoms with Crippen LogP contribution in [0.15, 0.2) is 27.7 Å². The standard InChI is InChI=1S/C11H15BrN4O.HI/c1-7-3-4-8(12)5-9(7)16-10(17)6-15-11(13)14-2;/h3-5H,6H2,1-2H3,(H,16,17)(H3,13,14,15);1H. The van der Waals surface area contributed by atoms with Gasteiger partial charge in [-0.2, -0.15) is 0 Å². The van der Waals surface area contributed by atoms with Crippen LogP contribution in [0, 0.1) is 6.92 Å². The molecule has 100 valence electrons. The minimum Gasteiger partial charge on any atom is -0.370 e. The number of nitrogens with zero attached hydrogens (tertiary/aromatic N) is 1. The Morgan fingerprint density at radius 3 is 2.78 bits per heavy atom. The summed E-state index contributed by atoms with van der Waals surface area (Å²) in [5.41, 5.74) is 7.19. The monoisotopic (exact) mass is 426 g/mol. The lowest BCUT2D eigenvalue weighted by Crippen LogP contribution is -2.37. The van der Waals surface area contributed by atoms with Crippen LogP contribution < -0.4 is 16.4 Å². The van der Waals surface area contributed by atoms with Crippen molar-refractivity contribution in [2.45, 2.75) is 6.92 Å². The van der Waals surface area contributed by atoms with Gasteiger partial charge in [-0.05, 0) is 24.6 Å². The molecule has 1 amide bonds. The van der Waals surface area contributed by atoms with Crippen LogP contribution in [-0.2, 0) is 4.79 Å². The number of aliphatic imine (C=N–C) groups is 1. The second-order valence-corrected chi connectivity index (χ2v) is 4.39. The SMILES string of the molecule is CN=C(N)NCC(=O)Nc1cc(Br)ccc1C.I. The van der Waals surface area contributed by atoms with E-state index in [4.69, 9.17) is 5.73 Å². The number of carbonyl (C=O) groups is 1. The summed E-state index contributed by atoms with van der Waals surface area (Å²) in [5, 5.41) is 5.48. The summed E-state index contributed by atoms with van der Waals surface area (Å²) in [6.45, 7) is 2.02. The van der Waals surface area contributed by atoms with E-state index in [-0.39, 0.29) is 42.4 Å². The fourth-order valence-corrected chi connectivity index (χ4v) is 1.53. The Labute approximate surface area is 132 Å². The molecular weight excluding hydrogens is 411 g/mol. The minimum absolute atomic E-state index is 0. The molecule has 1 aromatic rings. The number of halogens is 2. The van der Waals surface area contributed by atoms with Gasteiger partial charge in [0.05, 0.1) is 6.54 Å². The third-order valence-electron chi connectivity index (χ3n) is 2.14. The Kier molecular flexibility index (Phi) is 7.92. The molecule has 0 heterocycles. The minimum atomic E-state index is -0.169. The smallest absolute Gasteiger partial charge is 0.243 e.